The maximum Gasteiger partial charge on any atom is 0.405 e. The third-order valence-electron chi connectivity index (χ3n) is 3.98. The molecule has 8 nitrogen and oxygen atoms in total. The van der Waals surface area contributed by atoms with Gasteiger partial charge < -0.3 is 25.4 Å². The Hall–Kier alpha value is -2.35. The molecule has 1 saturated heterocycles. The highest BCUT2D eigenvalue weighted by molar-refractivity contribution is 5.90. The Morgan fingerprint density at radius 2 is 2.38 bits per heavy atom. The van der Waals surface area contributed by atoms with E-state index in [-0.39, 0.29) is 6.61 Å². The summed E-state index contributed by atoms with van der Waals surface area (Å²) in [6.45, 7) is 2.73. The minimum atomic E-state index is -1.13. The van der Waals surface area contributed by atoms with Gasteiger partial charge in [0.2, 0.25) is 0 Å². The predicted octanol–water partition coefficient (Wildman–Crippen LogP) is 0.475. The number of fused-ring (bicyclic) bond motifs is 1. The number of nitrogens with one attached hydrogen (secondary N) is 2. The fraction of sp³-hybridized carbons (Fsp3) is 0.462. The van der Waals surface area contributed by atoms with Gasteiger partial charge in [-0.3, -0.25) is 0 Å². The van der Waals surface area contributed by atoms with E-state index in [0.29, 0.717) is 19.5 Å². The molecule has 2 aromatic rings. The number of hydrogen-bond donors (Lipinski definition) is 4. The van der Waals surface area contributed by atoms with Crippen LogP contribution in [0.4, 0.5) is 10.6 Å². The molecular formula is C13H17N5O3. The Labute approximate surface area is 120 Å². The monoisotopic (exact) mass is 291 g/mol. The second kappa shape index (κ2) is 4.88. The van der Waals surface area contributed by atoms with Crippen molar-refractivity contribution in [2.24, 2.45) is 0 Å². The molecule has 0 aliphatic carbocycles. The van der Waals surface area contributed by atoms with Crippen molar-refractivity contribution in [1.29, 1.82) is 0 Å². The Morgan fingerprint density at radius 1 is 1.57 bits per heavy atom. The van der Waals surface area contributed by atoms with Gasteiger partial charge in [0.05, 0.1) is 17.5 Å². The smallest absolute Gasteiger partial charge is 0.405 e. The SMILES string of the molecule is Cc1c[nH]c2ncnc(N3CCC(CO)(NC(=O)O)C3)c12. The van der Waals surface area contributed by atoms with Crippen molar-refractivity contribution in [2.45, 2.75) is 18.9 Å². The van der Waals surface area contributed by atoms with Gasteiger partial charge in [-0.2, -0.15) is 0 Å². The minimum Gasteiger partial charge on any atom is -0.465 e. The van der Waals surface area contributed by atoms with Crippen LogP contribution < -0.4 is 10.2 Å². The molecular weight excluding hydrogens is 274 g/mol. The minimum absolute atomic E-state index is 0.240. The topological polar surface area (TPSA) is 114 Å². The average molecular weight is 291 g/mol. The molecule has 1 amide bonds. The summed E-state index contributed by atoms with van der Waals surface area (Å²) in [5.74, 6) is 0.765. The summed E-state index contributed by atoms with van der Waals surface area (Å²) < 4.78 is 0. The molecule has 1 aliphatic rings. The van der Waals surface area contributed by atoms with E-state index in [1.165, 1.54) is 6.33 Å². The van der Waals surface area contributed by atoms with E-state index >= 15 is 0 Å². The van der Waals surface area contributed by atoms with Gasteiger partial charge >= 0.3 is 6.09 Å². The number of aromatic nitrogens is 3. The van der Waals surface area contributed by atoms with Crippen molar-refractivity contribution in [3.05, 3.63) is 18.1 Å². The summed E-state index contributed by atoms with van der Waals surface area (Å²) in [5, 5.41) is 21.9. The molecule has 2 aromatic heterocycles. The van der Waals surface area contributed by atoms with Crippen LogP contribution in [0, 0.1) is 6.92 Å². The summed E-state index contributed by atoms with van der Waals surface area (Å²) in [5.41, 5.74) is 0.950. The van der Waals surface area contributed by atoms with E-state index in [1.807, 2.05) is 18.0 Å². The largest absolute Gasteiger partial charge is 0.465 e. The number of aliphatic hydroxyl groups excluding tert-OH is 1. The maximum atomic E-state index is 10.9. The molecule has 1 unspecified atom stereocenters. The molecule has 0 radical (unpaired) electrons. The first-order valence-corrected chi connectivity index (χ1v) is 6.70. The Kier molecular flexibility index (Phi) is 3.17. The average Bonchev–Trinajstić information content (AvgIpc) is 3.04. The van der Waals surface area contributed by atoms with Gasteiger partial charge in [-0.1, -0.05) is 0 Å². The molecule has 3 heterocycles. The van der Waals surface area contributed by atoms with Crippen LogP contribution in [-0.2, 0) is 0 Å². The first-order chi connectivity index (χ1) is 10.0. The van der Waals surface area contributed by atoms with Crippen molar-refractivity contribution in [1.82, 2.24) is 20.3 Å². The summed E-state index contributed by atoms with van der Waals surface area (Å²) in [7, 11) is 0. The van der Waals surface area contributed by atoms with E-state index in [0.717, 1.165) is 22.4 Å². The number of aromatic amines is 1. The zero-order valence-electron chi connectivity index (χ0n) is 11.6. The van der Waals surface area contributed by atoms with Crippen molar-refractivity contribution < 1.29 is 15.0 Å². The van der Waals surface area contributed by atoms with Gasteiger partial charge in [0.15, 0.2) is 0 Å². The van der Waals surface area contributed by atoms with Crippen LogP contribution in [-0.4, -0.2) is 56.5 Å². The van der Waals surface area contributed by atoms with Crippen molar-refractivity contribution in [3.63, 3.8) is 0 Å². The number of H-pyrrole nitrogens is 1. The number of amides is 1. The molecule has 0 aromatic carbocycles. The summed E-state index contributed by atoms with van der Waals surface area (Å²) in [4.78, 5) is 24.5. The zero-order valence-corrected chi connectivity index (χ0v) is 11.6. The molecule has 1 atom stereocenters. The Bertz CT molecular complexity index is 685. The molecule has 8 heteroatoms. The van der Waals surface area contributed by atoms with E-state index in [2.05, 4.69) is 20.3 Å². The van der Waals surface area contributed by atoms with Gasteiger partial charge in [-0.05, 0) is 18.9 Å². The van der Waals surface area contributed by atoms with Crippen LogP contribution in [0.15, 0.2) is 12.5 Å². The van der Waals surface area contributed by atoms with E-state index in [4.69, 9.17) is 5.11 Å². The Morgan fingerprint density at radius 3 is 3.10 bits per heavy atom. The number of carboxylic acid groups (broad SMARTS) is 1. The third kappa shape index (κ3) is 2.27. The lowest BCUT2D eigenvalue weighted by Crippen LogP contribution is -2.52. The molecule has 0 bridgehead atoms. The lowest BCUT2D eigenvalue weighted by molar-refractivity contribution is 0.147. The number of rotatable bonds is 3. The number of nitrogens with zero attached hydrogens (tertiary/aromatic N) is 3. The van der Waals surface area contributed by atoms with Crippen LogP contribution >= 0.6 is 0 Å². The zero-order chi connectivity index (χ0) is 15.0. The number of anilines is 1. The number of hydrogen-bond acceptors (Lipinski definition) is 5. The van der Waals surface area contributed by atoms with Gasteiger partial charge in [0.25, 0.3) is 0 Å². The molecule has 21 heavy (non-hydrogen) atoms. The fourth-order valence-electron chi connectivity index (χ4n) is 2.89. The normalized spacial score (nSPS) is 21.9. The maximum absolute atomic E-state index is 10.9. The van der Waals surface area contributed by atoms with Gasteiger partial charge in [-0.25, -0.2) is 14.8 Å². The third-order valence-corrected chi connectivity index (χ3v) is 3.98. The van der Waals surface area contributed by atoms with Crippen LogP contribution in [0.25, 0.3) is 11.0 Å². The lowest BCUT2D eigenvalue weighted by Gasteiger charge is -2.27. The molecule has 112 valence electrons. The van der Waals surface area contributed by atoms with Gasteiger partial charge in [-0.15, -0.1) is 0 Å². The van der Waals surface area contributed by atoms with Gasteiger partial charge in [0.1, 0.15) is 17.8 Å². The molecule has 3 rings (SSSR count). The highest BCUT2D eigenvalue weighted by atomic mass is 16.4. The summed E-state index contributed by atoms with van der Waals surface area (Å²) >= 11 is 0. The first kappa shape index (κ1) is 13.6. The second-order valence-corrected chi connectivity index (χ2v) is 5.43. The fourth-order valence-corrected chi connectivity index (χ4v) is 2.89. The van der Waals surface area contributed by atoms with Crippen LogP contribution in [0.3, 0.4) is 0 Å². The Balaban J connectivity index is 1.94. The van der Waals surface area contributed by atoms with Crippen molar-refractivity contribution in [2.75, 3.05) is 24.6 Å². The molecule has 0 spiro atoms. The van der Waals surface area contributed by atoms with E-state index in [1.54, 1.807) is 0 Å². The lowest BCUT2D eigenvalue weighted by atomic mass is 10.0. The highest BCUT2D eigenvalue weighted by Gasteiger charge is 2.40. The van der Waals surface area contributed by atoms with Gasteiger partial charge in [0, 0.05) is 19.3 Å². The highest BCUT2D eigenvalue weighted by Crippen LogP contribution is 2.31. The van der Waals surface area contributed by atoms with Crippen LogP contribution in [0.2, 0.25) is 0 Å². The predicted molar refractivity (Wildman–Crippen MR) is 76.4 cm³/mol. The van der Waals surface area contributed by atoms with E-state index < -0.39 is 11.6 Å². The van der Waals surface area contributed by atoms with Crippen molar-refractivity contribution in [3.8, 4) is 0 Å². The second-order valence-electron chi connectivity index (χ2n) is 5.43. The van der Waals surface area contributed by atoms with E-state index in [9.17, 15) is 9.90 Å². The summed E-state index contributed by atoms with van der Waals surface area (Å²) in [6, 6.07) is 0. The molecule has 4 N–H and O–H groups in total. The summed E-state index contributed by atoms with van der Waals surface area (Å²) in [6.07, 6.45) is 2.76. The first-order valence-electron chi connectivity index (χ1n) is 6.70. The van der Waals surface area contributed by atoms with Crippen molar-refractivity contribution >= 4 is 22.9 Å². The van der Waals surface area contributed by atoms with Crippen LogP contribution in [0.5, 0.6) is 0 Å². The molecule has 1 aliphatic heterocycles. The molecule has 0 saturated carbocycles. The number of aryl methyl sites for hydroxylation is 1. The molecule has 1 fully saturated rings. The quantitative estimate of drug-likeness (QED) is 0.654. The van der Waals surface area contributed by atoms with Crippen LogP contribution in [0.1, 0.15) is 12.0 Å². The number of aliphatic hydroxyl groups is 1. The number of carbonyl (C=O) groups is 1. The standard InChI is InChI=1S/C13H17N5O3/c1-8-4-14-10-9(8)11(16-7-15-10)18-3-2-13(5-18,6-19)17-12(20)21/h4,7,17,19H,2-3,5-6H2,1H3,(H,20,21)(H,14,15,16).